The fraction of sp³-hybridized carbons (Fsp3) is 0.714. The molecule has 148 valence electrons. The summed E-state index contributed by atoms with van der Waals surface area (Å²) in [4.78, 5) is 21.7. The van der Waals surface area contributed by atoms with Gasteiger partial charge in [0.2, 0.25) is 0 Å². The highest BCUT2D eigenvalue weighted by Gasteiger charge is 2.39. The molecule has 3 aliphatic rings. The van der Waals surface area contributed by atoms with E-state index in [0.29, 0.717) is 23.9 Å². The van der Waals surface area contributed by atoms with Crippen molar-refractivity contribution in [3.63, 3.8) is 0 Å². The van der Waals surface area contributed by atoms with Crippen LogP contribution in [0.15, 0.2) is 18.3 Å². The smallest absolute Gasteiger partial charge is 0.323 e. The molecule has 2 amide bonds. The molecule has 1 saturated heterocycles. The van der Waals surface area contributed by atoms with E-state index in [1.54, 1.807) is 7.11 Å². The minimum atomic E-state index is -0.0571. The quantitative estimate of drug-likeness (QED) is 0.860. The number of nitrogens with zero attached hydrogens (tertiary/aromatic N) is 3. The number of hydrogen-bond acceptors (Lipinski definition) is 4. The zero-order valence-corrected chi connectivity index (χ0v) is 16.6. The largest absolute Gasteiger partial charge is 0.380 e. The monoisotopic (exact) mass is 372 g/mol. The van der Waals surface area contributed by atoms with Crippen molar-refractivity contribution >= 4 is 11.8 Å². The van der Waals surface area contributed by atoms with E-state index in [-0.39, 0.29) is 12.1 Å². The number of hydrogen-bond donors (Lipinski definition) is 1. The molecule has 0 bridgehead atoms. The molecule has 1 N–H and O–H groups in total. The molecule has 0 spiro atoms. The summed E-state index contributed by atoms with van der Waals surface area (Å²) in [5, 5.41) is 2.98. The molecular formula is C21H32N4O2. The van der Waals surface area contributed by atoms with E-state index in [9.17, 15) is 4.79 Å². The Morgan fingerprint density at radius 1 is 1.22 bits per heavy atom. The first-order valence-corrected chi connectivity index (χ1v) is 10.4. The molecule has 3 fully saturated rings. The number of carbonyl (C=O) groups excluding carboxylic acids is 1. The lowest BCUT2D eigenvalue weighted by atomic mass is 9.81. The number of ether oxygens (including phenoxy) is 1. The molecule has 0 radical (unpaired) electrons. The van der Waals surface area contributed by atoms with Gasteiger partial charge in [-0.3, -0.25) is 10.2 Å². The van der Waals surface area contributed by atoms with Crippen LogP contribution in [0.2, 0.25) is 0 Å². The zero-order chi connectivity index (χ0) is 18.8. The molecule has 3 atom stereocenters. The van der Waals surface area contributed by atoms with Crippen LogP contribution in [0.3, 0.4) is 0 Å². The average molecular weight is 373 g/mol. The fourth-order valence-corrected chi connectivity index (χ4v) is 4.86. The Bertz CT molecular complexity index is 646. The van der Waals surface area contributed by atoms with Gasteiger partial charge in [0.1, 0.15) is 5.82 Å². The van der Waals surface area contributed by atoms with Crippen LogP contribution in [0.5, 0.6) is 0 Å². The highest BCUT2D eigenvalue weighted by atomic mass is 16.5. The number of rotatable bonds is 5. The zero-order valence-electron chi connectivity index (χ0n) is 16.6. The van der Waals surface area contributed by atoms with Gasteiger partial charge in [0.25, 0.3) is 0 Å². The van der Waals surface area contributed by atoms with Crippen LogP contribution in [-0.4, -0.2) is 66.2 Å². The standard InChI is InChI=1S/C21H32N4O2/c1-24(18-7-4-8-19(18)25-12-11-17(14-25)27-2)21(26)23-20-10-9-16(13-22-20)15-5-3-6-15/h9-10,13,15,17-19H,3-8,11-12,14H2,1-2H3,(H,22,23,26)/t17?,18-,19+/m0/s1. The van der Waals surface area contributed by atoms with Gasteiger partial charge in [-0.05, 0) is 56.1 Å². The Morgan fingerprint density at radius 2 is 2.04 bits per heavy atom. The minimum Gasteiger partial charge on any atom is -0.380 e. The van der Waals surface area contributed by atoms with Crippen molar-refractivity contribution in [3.8, 4) is 0 Å². The number of anilines is 1. The van der Waals surface area contributed by atoms with Gasteiger partial charge in [-0.25, -0.2) is 9.78 Å². The molecular weight excluding hydrogens is 340 g/mol. The molecule has 2 saturated carbocycles. The molecule has 6 heteroatoms. The van der Waals surface area contributed by atoms with Crippen molar-refractivity contribution in [1.82, 2.24) is 14.8 Å². The number of methoxy groups -OCH3 is 1. The Labute approximate surface area is 162 Å². The number of carbonyl (C=O) groups is 1. The summed E-state index contributed by atoms with van der Waals surface area (Å²) in [6.45, 7) is 2.05. The van der Waals surface area contributed by atoms with Gasteiger partial charge in [0.15, 0.2) is 0 Å². The van der Waals surface area contributed by atoms with Crippen molar-refractivity contribution in [2.75, 3.05) is 32.6 Å². The second kappa shape index (κ2) is 8.15. The third kappa shape index (κ3) is 3.97. The summed E-state index contributed by atoms with van der Waals surface area (Å²) in [5.41, 5.74) is 1.30. The van der Waals surface area contributed by atoms with Crippen LogP contribution >= 0.6 is 0 Å². The lowest BCUT2D eigenvalue weighted by Gasteiger charge is -2.35. The maximum atomic E-state index is 12.8. The normalized spacial score (nSPS) is 28.9. The van der Waals surface area contributed by atoms with Crippen LogP contribution in [-0.2, 0) is 4.74 Å². The molecule has 1 unspecified atom stereocenters. The van der Waals surface area contributed by atoms with E-state index < -0.39 is 0 Å². The van der Waals surface area contributed by atoms with E-state index >= 15 is 0 Å². The summed E-state index contributed by atoms with van der Waals surface area (Å²) in [5.74, 6) is 1.31. The summed E-state index contributed by atoms with van der Waals surface area (Å²) < 4.78 is 5.52. The minimum absolute atomic E-state index is 0.0571. The SMILES string of the molecule is COC1CCN([C@@H]2CCC[C@@H]2N(C)C(=O)Nc2ccc(C3CCC3)cn2)C1. The van der Waals surface area contributed by atoms with Crippen LogP contribution in [0, 0.1) is 0 Å². The number of amides is 2. The molecule has 2 heterocycles. The molecule has 1 aliphatic heterocycles. The van der Waals surface area contributed by atoms with Gasteiger partial charge in [0, 0.05) is 45.5 Å². The van der Waals surface area contributed by atoms with Crippen LogP contribution in [0.1, 0.15) is 56.4 Å². The third-order valence-electron chi connectivity index (χ3n) is 6.84. The molecule has 1 aromatic heterocycles. The van der Waals surface area contributed by atoms with Gasteiger partial charge in [0.05, 0.1) is 6.10 Å². The lowest BCUT2D eigenvalue weighted by molar-refractivity contribution is 0.0907. The van der Waals surface area contributed by atoms with Crippen LogP contribution in [0.4, 0.5) is 10.6 Å². The topological polar surface area (TPSA) is 57.7 Å². The van der Waals surface area contributed by atoms with Crippen molar-refractivity contribution in [2.24, 2.45) is 0 Å². The highest BCUT2D eigenvalue weighted by Crippen LogP contribution is 2.36. The molecule has 1 aromatic rings. The number of nitrogens with one attached hydrogen (secondary N) is 1. The Kier molecular flexibility index (Phi) is 5.64. The second-order valence-corrected chi connectivity index (χ2v) is 8.35. The predicted molar refractivity (Wildman–Crippen MR) is 106 cm³/mol. The van der Waals surface area contributed by atoms with Gasteiger partial charge < -0.3 is 9.64 Å². The third-order valence-corrected chi connectivity index (χ3v) is 6.84. The molecule has 2 aliphatic carbocycles. The predicted octanol–water partition coefficient (Wildman–Crippen LogP) is 3.45. The molecule has 0 aromatic carbocycles. The van der Waals surface area contributed by atoms with Gasteiger partial charge in [-0.2, -0.15) is 0 Å². The van der Waals surface area contributed by atoms with Gasteiger partial charge in [-0.15, -0.1) is 0 Å². The summed E-state index contributed by atoms with van der Waals surface area (Å²) >= 11 is 0. The number of likely N-dealkylation sites (tertiary alicyclic amines) is 1. The Morgan fingerprint density at radius 3 is 2.67 bits per heavy atom. The van der Waals surface area contributed by atoms with E-state index in [2.05, 4.69) is 21.3 Å². The first kappa shape index (κ1) is 18.7. The highest BCUT2D eigenvalue weighted by molar-refractivity contribution is 5.88. The summed E-state index contributed by atoms with van der Waals surface area (Å²) in [7, 11) is 3.72. The Balaban J connectivity index is 1.35. The number of likely N-dealkylation sites (N-methyl/N-ethyl adjacent to an activating group) is 1. The number of aromatic nitrogens is 1. The lowest BCUT2D eigenvalue weighted by Crippen LogP contribution is -2.50. The van der Waals surface area contributed by atoms with E-state index in [0.717, 1.165) is 32.4 Å². The maximum absolute atomic E-state index is 12.8. The van der Waals surface area contributed by atoms with Gasteiger partial charge >= 0.3 is 6.03 Å². The maximum Gasteiger partial charge on any atom is 0.323 e. The summed E-state index contributed by atoms with van der Waals surface area (Å²) in [6, 6.07) is 4.69. The summed E-state index contributed by atoms with van der Waals surface area (Å²) in [6.07, 6.45) is 10.6. The average Bonchev–Trinajstić information content (AvgIpc) is 3.30. The fourth-order valence-electron chi connectivity index (χ4n) is 4.86. The van der Waals surface area contributed by atoms with E-state index in [4.69, 9.17) is 4.74 Å². The van der Waals surface area contributed by atoms with Crippen molar-refractivity contribution < 1.29 is 9.53 Å². The molecule has 4 rings (SSSR count). The van der Waals surface area contributed by atoms with Crippen LogP contribution in [0.25, 0.3) is 0 Å². The van der Waals surface area contributed by atoms with Crippen molar-refractivity contribution in [1.29, 1.82) is 0 Å². The van der Waals surface area contributed by atoms with Crippen molar-refractivity contribution in [3.05, 3.63) is 23.9 Å². The Hall–Kier alpha value is -1.66. The second-order valence-electron chi connectivity index (χ2n) is 8.35. The van der Waals surface area contributed by atoms with E-state index in [1.165, 1.54) is 31.2 Å². The first-order chi connectivity index (χ1) is 13.2. The van der Waals surface area contributed by atoms with E-state index in [1.807, 2.05) is 24.2 Å². The molecule has 6 nitrogen and oxygen atoms in total. The van der Waals surface area contributed by atoms with Crippen LogP contribution < -0.4 is 5.32 Å². The van der Waals surface area contributed by atoms with Crippen molar-refractivity contribution in [2.45, 2.75) is 69.1 Å². The molecule has 27 heavy (non-hydrogen) atoms. The first-order valence-electron chi connectivity index (χ1n) is 10.4. The number of urea groups is 1. The number of pyridine rings is 1. The van der Waals surface area contributed by atoms with Gasteiger partial charge in [-0.1, -0.05) is 12.5 Å².